The van der Waals surface area contributed by atoms with Gasteiger partial charge in [0.05, 0.1) is 17.7 Å². The summed E-state index contributed by atoms with van der Waals surface area (Å²) < 4.78 is 16.4. The van der Waals surface area contributed by atoms with E-state index in [2.05, 4.69) is 57.8 Å². The normalized spacial score (nSPS) is 14.9. The van der Waals surface area contributed by atoms with Gasteiger partial charge < -0.3 is 4.57 Å². The van der Waals surface area contributed by atoms with Crippen molar-refractivity contribution >= 4 is 0 Å². The van der Waals surface area contributed by atoms with Crippen LogP contribution in [0.5, 0.6) is 0 Å². The molecule has 0 saturated heterocycles. The highest BCUT2D eigenvalue weighted by Gasteiger charge is 2.25. The van der Waals surface area contributed by atoms with Crippen LogP contribution in [-0.4, -0.2) is 9.55 Å². The minimum Gasteiger partial charge on any atom is -0.303 e. The summed E-state index contributed by atoms with van der Waals surface area (Å²) in [6.45, 7) is 10.7. The van der Waals surface area contributed by atoms with Crippen LogP contribution in [0.3, 0.4) is 0 Å². The summed E-state index contributed by atoms with van der Waals surface area (Å²) in [6.07, 6.45) is 12.0. The van der Waals surface area contributed by atoms with E-state index in [-0.39, 0.29) is 16.6 Å². The number of imidazole rings is 1. The Balaban J connectivity index is 1.82. The Bertz CT molecular complexity index is 832. The topological polar surface area (TPSA) is 17.8 Å². The first-order chi connectivity index (χ1) is 11.7. The fourth-order valence-electron chi connectivity index (χ4n) is 3.28. The third-order valence-corrected chi connectivity index (χ3v) is 4.99. The smallest absolute Gasteiger partial charge is 0.147 e. The number of halogens is 1. The van der Waals surface area contributed by atoms with E-state index in [1.54, 1.807) is 17.0 Å². The molecular formula is C22H27FN2. The van der Waals surface area contributed by atoms with Crippen LogP contribution in [0.15, 0.2) is 54.5 Å². The van der Waals surface area contributed by atoms with Crippen molar-refractivity contribution < 1.29 is 4.39 Å². The van der Waals surface area contributed by atoms with Gasteiger partial charge in [-0.3, -0.25) is 0 Å². The molecule has 132 valence electrons. The minimum atomic E-state index is -0.210. The Morgan fingerprint density at radius 2 is 1.92 bits per heavy atom. The van der Waals surface area contributed by atoms with Gasteiger partial charge in [-0.25, -0.2) is 9.37 Å². The predicted octanol–water partition coefficient (Wildman–Crippen LogP) is 5.76. The Hall–Kier alpha value is -2.16. The van der Waals surface area contributed by atoms with Gasteiger partial charge in [-0.05, 0) is 34.9 Å². The molecule has 0 N–H and O–H groups in total. The van der Waals surface area contributed by atoms with Gasteiger partial charge in [0.25, 0.3) is 0 Å². The van der Waals surface area contributed by atoms with Gasteiger partial charge in [0.15, 0.2) is 0 Å². The van der Waals surface area contributed by atoms with E-state index < -0.39 is 0 Å². The Kier molecular flexibility index (Phi) is 4.44. The van der Waals surface area contributed by atoms with E-state index in [4.69, 9.17) is 0 Å². The first-order valence-electron chi connectivity index (χ1n) is 8.86. The van der Waals surface area contributed by atoms with Gasteiger partial charge >= 0.3 is 0 Å². The van der Waals surface area contributed by atoms with E-state index in [9.17, 15) is 4.39 Å². The first-order valence-corrected chi connectivity index (χ1v) is 8.86. The third-order valence-electron chi connectivity index (χ3n) is 4.99. The SMILES string of the molecule is CC(C)(Cc1cn(-c2ccc(C(C)(C)C)cc2F)cn1)C1=CC=CC1. The standard InChI is InChI=1S/C22H27FN2/c1-21(2,3)17-10-11-20(19(23)12-17)25-14-18(24-15-25)13-22(4,5)16-8-6-7-9-16/h6-8,10-12,14-15H,9,13H2,1-5H3. The molecule has 0 aliphatic heterocycles. The molecule has 1 aromatic carbocycles. The third kappa shape index (κ3) is 3.76. The molecule has 0 spiro atoms. The summed E-state index contributed by atoms with van der Waals surface area (Å²) in [4.78, 5) is 4.51. The average Bonchev–Trinajstić information content (AvgIpc) is 3.17. The van der Waals surface area contributed by atoms with E-state index in [1.165, 1.54) is 5.57 Å². The van der Waals surface area contributed by atoms with E-state index in [0.717, 1.165) is 24.1 Å². The first kappa shape index (κ1) is 17.7. The predicted molar refractivity (Wildman–Crippen MR) is 102 cm³/mol. The molecule has 1 heterocycles. The Labute approximate surface area is 150 Å². The lowest BCUT2D eigenvalue weighted by molar-refractivity contribution is 0.433. The Morgan fingerprint density at radius 3 is 2.52 bits per heavy atom. The van der Waals surface area contributed by atoms with Crippen LogP contribution in [0.4, 0.5) is 4.39 Å². The lowest BCUT2D eigenvalue weighted by Crippen LogP contribution is -2.17. The number of benzene rings is 1. The molecule has 1 aromatic heterocycles. The van der Waals surface area contributed by atoms with Gasteiger partial charge in [-0.15, -0.1) is 0 Å². The van der Waals surface area contributed by atoms with Crippen LogP contribution in [0.1, 0.15) is 52.3 Å². The minimum absolute atomic E-state index is 0.0529. The average molecular weight is 338 g/mol. The molecule has 0 bridgehead atoms. The zero-order chi connectivity index (χ0) is 18.2. The van der Waals surface area contributed by atoms with Crippen molar-refractivity contribution in [2.75, 3.05) is 0 Å². The van der Waals surface area contributed by atoms with Crippen molar-refractivity contribution in [3.63, 3.8) is 0 Å². The molecule has 0 unspecified atom stereocenters. The zero-order valence-electron chi connectivity index (χ0n) is 15.8. The van der Waals surface area contributed by atoms with Crippen molar-refractivity contribution in [2.45, 2.75) is 52.9 Å². The van der Waals surface area contributed by atoms with E-state index in [1.807, 2.05) is 18.3 Å². The molecule has 2 aromatic rings. The maximum absolute atomic E-state index is 14.6. The second kappa shape index (κ2) is 6.29. The zero-order valence-corrected chi connectivity index (χ0v) is 15.8. The molecule has 0 fully saturated rings. The highest BCUT2D eigenvalue weighted by atomic mass is 19.1. The number of allylic oxidation sites excluding steroid dienone is 4. The lowest BCUT2D eigenvalue weighted by atomic mass is 9.79. The van der Waals surface area contributed by atoms with Crippen molar-refractivity contribution in [2.24, 2.45) is 5.41 Å². The summed E-state index contributed by atoms with van der Waals surface area (Å²) in [7, 11) is 0. The van der Waals surface area contributed by atoms with Gasteiger partial charge in [0.1, 0.15) is 5.82 Å². The number of hydrogen-bond acceptors (Lipinski definition) is 1. The van der Waals surface area contributed by atoms with Crippen LogP contribution >= 0.6 is 0 Å². The number of hydrogen-bond donors (Lipinski definition) is 0. The van der Waals surface area contributed by atoms with Crippen LogP contribution in [0.2, 0.25) is 0 Å². The molecule has 2 nitrogen and oxygen atoms in total. The molecule has 25 heavy (non-hydrogen) atoms. The van der Waals surface area contributed by atoms with Crippen LogP contribution in [0, 0.1) is 11.2 Å². The second-order valence-corrected chi connectivity index (χ2v) is 8.57. The number of nitrogens with zero attached hydrogens (tertiary/aromatic N) is 2. The maximum atomic E-state index is 14.6. The second-order valence-electron chi connectivity index (χ2n) is 8.57. The molecule has 0 radical (unpaired) electrons. The molecule has 0 atom stereocenters. The molecular weight excluding hydrogens is 311 g/mol. The maximum Gasteiger partial charge on any atom is 0.147 e. The fraction of sp³-hybridized carbons (Fsp3) is 0.409. The summed E-state index contributed by atoms with van der Waals surface area (Å²) >= 11 is 0. The van der Waals surface area contributed by atoms with Crippen molar-refractivity contribution in [3.8, 4) is 5.69 Å². The molecule has 0 saturated carbocycles. The van der Waals surface area contributed by atoms with Gasteiger partial charge in [0.2, 0.25) is 0 Å². The van der Waals surface area contributed by atoms with Crippen molar-refractivity contribution in [1.82, 2.24) is 9.55 Å². The molecule has 3 heteroatoms. The molecule has 1 aliphatic rings. The molecule has 0 amide bonds. The Morgan fingerprint density at radius 1 is 1.16 bits per heavy atom. The lowest BCUT2D eigenvalue weighted by Gasteiger charge is -2.25. The number of aromatic nitrogens is 2. The summed E-state index contributed by atoms with van der Waals surface area (Å²) in [5.41, 5.74) is 3.94. The molecule has 3 rings (SSSR count). The summed E-state index contributed by atoms with van der Waals surface area (Å²) in [5, 5.41) is 0. The van der Waals surface area contributed by atoms with Crippen LogP contribution < -0.4 is 0 Å². The fourth-order valence-corrected chi connectivity index (χ4v) is 3.28. The summed E-state index contributed by atoms with van der Waals surface area (Å²) in [6, 6.07) is 5.47. The largest absolute Gasteiger partial charge is 0.303 e. The monoisotopic (exact) mass is 338 g/mol. The van der Waals surface area contributed by atoms with Gasteiger partial charge in [-0.1, -0.05) is 64.5 Å². The highest BCUT2D eigenvalue weighted by Crippen LogP contribution is 2.35. The van der Waals surface area contributed by atoms with Gasteiger partial charge in [0, 0.05) is 12.6 Å². The summed E-state index contributed by atoms with van der Waals surface area (Å²) in [5.74, 6) is -0.210. The van der Waals surface area contributed by atoms with E-state index in [0.29, 0.717) is 5.69 Å². The quantitative estimate of drug-likeness (QED) is 0.692. The molecule has 1 aliphatic carbocycles. The van der Waals surface area contributed by atoms with Gasteiger partial charge in [-0.2, -0.15) is 0 Å². The van der Waals surface area contributed by atoms with Crippen molar-refractivity contribution in [1.29, 1.82) is 0 Å². The number of rotatable bonds is 4. The highest BCUT2D eigenvalue weighted by molar-refractivity contribution is 5.39. The van der Waals surface area contributed by atoms with Crippen molar-refractivity contribution in [3.05, 3.63) is 71.6 Å². The van der Waals surface area contributed by atoms with Crippen LogP contribution in [0.25, 0.3) is 5.69 Å². The van der Waals surface area contributed by atoms with E-state index >= 15 is 0 Å². The van der Waals surface area contributed by atoms with Crippen LogP contribution in [-0.2, 0) is 11.8 Å².